The van der Waals surface area contributed by atoms with Crippen LogP contribution in [0.25, 0.3) is 0 Å². The van der Waals surface area contributed by atoms with Crippen molar-refractivity contribution in [3.63, 3.8) is 0 Å². The Balaban J connectivity index is 1.37. The topological polar surface area (TPSA) is 60.0 Å². The fourth-order valence-corrected chi connectivity index (χ4v) is 2.57. The molecule has 2 aromatic carbocycles. The molecule has 128 valence electrons. The molecule has 2 aromatic rings. The van der Waals surface area contributed by atoms with Gasteiger partial charge in [-0.25, -0.2) is 0 Å². The fraction of sp³-hybridized carbons (Fsp3) is 0.333. The standard InChI is InChI=1S/C18H20ClNO4/c19-15-5-1-2-6-16(15)22-11-13(21)9-20-10-14-12-23-17-7-3-4-8-18(17)24-14/h1-8,13-14,20-21H,9-12H2/t13-,14-/m0/s1. The third-order valence-corrected chi connectivity index (χ3v) is 3.90. The monoisotopic (exact) mass is 349 g/mol. The number of aliphatic hydroxyl groups excluding tert-OH is 1. The Morgan fingerprint density at radius 3 is 2.75 bits per heavy atom. The van der Waals surface area contributed by atoms with Gasteiger partial charge in [0, 0.05) is 13.1 Å². The Morgan fingerprint density at radius 1 is 1.17 bits per heavy atom. The summed E-state index contributed by atoms with van der Waals surface area (Å²) in [7, 11) is 0. The summed E-state index contributed by atoms with van der Waals surface area (Å²) in [6.07, 6.45) is -0.727. The van der Waals surface area contributed by atoms with Crippen LogP contribution in [0.3, 0.4) is 0 Å². The van der Waals surface area contributed by atoms with Crippen molar-refractivity contribution in [2.45, 2.75) is 12.2 Å². The summed E-state index contributed by atoms with van der Waals surface area (Å²) >= 11 is 6.00. The largest absolute Gasteiger partial charge is 0.489 e. The molecule has 24 heavy (non-hydrogen) atoms. The van der Waals surface area contributed by atoms with Gasteiger partial charge in [-0.3, -0.25) is 0 Å². The summed E-state index contributed by atoms with van der Waals surface area (Å²) in [5.41, 5.74) is 0. The van der Waals surface area contributed by atoms with Crippen LogP contribution in [-0.4, -0.2) is 43.6 Å². The van der Waals surface area contributed by atoms with Crippen molar-refractivity contribution in [2.75, 3.05) is 26.3 Å². The molecule has 1 aliphatic heterocycles. The van der Waals surface area contributed by atoms with Gasteiger partial charge in [0.15, 0.2) is 11.5 Å². The van der Waals surface area contributed by atoms with Crippen molar-refractivity contribution in [1.29, 1.82) is 0 Å². The Labute approximate surface area is 146 Å². The zero-order valence-corrected chi connectivity index (χ0v) is 13.9. The van der Waals surface area contributed by atoms with Crippen molar-refractivity contribution in [2.24, 2.45) is 0 Å². The number of fused-ring (bicyclic) bond motifs is 1. The lowest BCUT2D eigenvalue weighted by atomic mass is 10.2. The van der Waals surface area contributed by atoms with Gasteiger partial charge in [-0.1, -0.05) is 35.9 Å². The van der Waals surface area contributed by atoms with E-state index in [4.69, 9.17) is 25.8 Å². The molecule has 0 saturated carbocycles. The van der Waals surface area contributed by atoms with Crippen molar-refractivity contribution in [3.05, 3.63) is 53.6 Å². The second kappa shape index (κ2) is 8.24. The Morgan fingerprint density at radius 2 is 1.92 bits per heavy atom. The van der Waals surface area contributed by atoms with Gasteiger partial charge < -0.3 is 24.6 Å². The molecule has 0 unspecified atom stereocenters. The highest BCUT2D eigenvalue weighted by Crippen LogP contribution is 2.30. The predicted molar refractivity (Wildman–Crippen MR) is 92.2 cm³/mol. The fourth-order valence-electron chi connectivity index (χ4n) is 2.38. The number of ether oxygens (including phenoxy) is 3. The van der Waals surface area contributed by atoms with Crippen LogP contribution in [0.4, 0.5) is 0 Å². The van der Waals surface area contributed by atoms with Gasteiger partial charge >= 0.3 is 0 Å². The van der Waals surface area contributed by atoms with Crippen molar-refractivity contribution < 1.29 is 19.3 Å². The summed E-state index contributed by atoms with van der Waals surface area (Å²) in [6.45, 7) is 1.63. The van der Waals surface area contributed by atoms with Crippen molar-refractivity contribution in [1.82, 2.24) is 5.32 Å². The summed E-state index contributed by atoms with van der Waals surface area (Å²) in [5, 5.41) is 13.7. The quantitative estimate of drug-likeness (QED) is 0.804. The van der Waals surface area contributed by atoms with Gasteiger partial charge in [0.1, 0.15) is 31.2 Å². The SMILES string of the molecule is O[C@@H](CNC[C@H]1COc2ccccc2O1)COc1ccccc1Cl. The molecule has 0 aromatic heterocycles. The van der Waals surface area contributed by atoms with Crippen molar-refractivity contribution in [3.8, 4) is 17.2 Å². The highest BCUT2D eigenvalue weighted by molar-refractivity contribution is 6.32. The van der Waals surface area contributed by atoms with Crippen LogP contribution >= 0.6 is 11.6 Å². The van der Waals surface area contributed by atoms with Crippen LogP contribution in [0.5, 0.6) is 17.2 Å². The highest BCUT2D eigenvalue weighted by Gasteiger charge is 2.20. The second-order valence-electron chi connectivity index (χ2n) is 5.55. The third-order valence-electron chi connectivity index (χ3n) is 3.59. The number of para-hydroxylation sites is 3. The maximum Gasteiger partial charge on any atom is 0.161 e. The lowest BCUT2D eigenvalue weighted by Gasteiger charge is -2.27. The first kappa shape index (κ1) is 16.9. The van der Waals surface area contributed by atoms with Gasteiger partial charge in [-0.05, 0) is 24.3 Å². The number of nitrogens with one attached hydrogen (secondary N) is 1. The Kier molecular flexibility index (Phi) is 5.80. The number of hydrogen-bond acceptors (Lipinski definition) is 5. The van der Waals surface area contributed by atoms with Crippen LogP contribution in [0.2, 0.25) is 5.02 Å². The molecule has 3 rings (SSSR count). The zero-order chi connectivity index (χ0) is 16.8. The number of hydrogen-bond donors (Lipinski definition) is 2. The number of rotatable bonds is 7. The molecule has 0 bridgehead atoms. The summed E-state index contributed by atoms with van der Waals surface area (Å²) in [5.74, 6) is 2.08. The van der Waals surface area contributed by atoms with E-state index in [1.54, 1.807) is 12.1 Å². The van der Waals surface area contributed by atoms with E-state index >= 15 is 0 Å². The lowest BCUT2D eigenvalue weighted by Crippen LogP contribution is -2.41. The molecular weight excluding hydrogens is 330 g/mol. The molecule has 2 N–H and O–H groups in total. The van der Waals surface area contributed by atoms with Crippen LogP contribution in [-0.2, 0) is 0 Å². The van der Waals surface area contributed by atoms with Gasteiger partial charge in [0.05, 0.1) is 5.02 Å². The van der Waals surface area contributed by atoms with Crippen LogP contribution < -0.4 is 19.5 Å². The van der Waals surface area contributed by atoms with Crippen molar-refractivity contribution >= 4 is 11.6 Å². The molecular formula is C18H20ClNO4. The summed E-state index contributed by atoms with van der Waals surface area (Å²) in [6, 6.07) is 14.8. The van der Waals surface area contributed by atoms with Crippen LogP contribution in [0.15, 0.2) is 48.5 Å². The lowest BCUT2D eigenvalue weighted by molar-refractivity contribution is 0.0778. The molecule has 1 aliphatic rings. The Bertz CT molecular complexity index is 667. The molecule has 0 amide bonds. The minimum Gasteiger partial charge on any atom is -0.489 e. The first-order chi connectivity index (χ1) is 11.7. The van der Waals surface area contributed by atoms with E-state index in [1.165, 1.54) is 0 Å². The van der Waals surface area contributed by atoms with E-state index in [9.17, 15) is 5.11 Å². The number of benzene rings is 2. The van der Waals surface area contributed by atoms with E-state index in [-0.39, 0.29) is 12.7 Å². The molecule has 1 heterocycles. The van der Waals surface area contributed by atoms with E-state index in [2.05, 4.69) is 5.32 Å². The summed E-state index contributed by atoms with van der Waals surface area (Å²) < 4.78 is 17.0. The third kappa shape index (κ3) is 4.54. The zero-order valence-electron chi connectivity index (χ0n) is 13.2. The van der Waals surface area contributed by atoms with Gasteiger partial charge in [0.2, 0.25) is 0 Å². The van der Waals surface area contributed by atoms with Crippen LogP contribution in [0, 0.1) is 0 Å². The normalized spacial score (nSPS) is 17.3. The maximum absolute atomic E-state index is 9.99. The first-order valence-corrected chi connectivity index (χ1v) is 8.25. The van der Waals surface area contributed by atoms with E-state index in [0.29, 0.717) is 30.5 Å². The molecule has 6 heteroatoms. The molecule has 0 fully saturated rings. The first-order valence-electron chi connectivity index (χ1n) is 7.87. The molecule has 0 saturated heterocycles. The Hall–Kier alpha value is -1.95. The van der Waals surface area contributed by atoms with Gasteiger partial charge in [-0.15, -0.1) is 0 Å². The molecule has 2 atom stereocenters. The molecule has 0 spiro atoms. The van der Waals surface area contributed by atoms with E-state index < -0.39 is 6.10 Å². The average Bonchev–Trinajstić information content (AvgIpc) is 2.61. The average molecular weight is 350 g/mol. The van der Waals surface area contributed by atoms with E-state index in [0.717, 1.165) is 11.5 Å². The summed E-state index contributed by atoms with van der Waals surface area (Å²) in [4.78, 5) is 0. The van der Waals surface area contributed by atoms with E-state index in [1.807, 2.05) is 36.4 Å². The maximum atomic E-state index is 9.99. The minimum absolute atomic E-state index is 0.0865. The van der Waals surface area contributed by atoms with Gasteiger partial charge in [-0.2, -0.15) is 0 Å². The predicted octanol–water partition coefficient (Wildman–Crippen LogP) is 2.51. The van der Waals surface area contributed by atoms with Crippen LogP contribution in [0.1, 0.15) is 0 Å². The van der Waals surface area contributed by atoms with Gasteiger partial charge in [0.25, 0.3) is 0 Å². The second-order valence-corrected chi connectivity index (χ2v) is 5.96. The molecule has 5 nitrogen and oxygen atoms in total. The number of aliphatic hydroxyl groups is 1. The number of halogens is 1. The molecule has 0 radical (unpaired) electrons. The minimum atomic E-state index is -0.641. The molecule has 0 aliphatic carbocycles. The smallest absolute Gasteiger partial charge is 0.161 e. The highest BCUT2D eigenvalue weighted by atomic mass is 35.5.